The van der Waals surface area contributed by atoms with Crippen LogP contribution in [0.4, 0.5) is 0 Å². The number of allylic oxidation sites excluding steroid dienone is 2. The van der Waals surface area contributed by atoms with Crippen LogP contribution in [0.15, 0.2) is 11.6 Å². The number of aliphatic hydroxyl groups excluding tert-OH is 1. The van der Waals surface area contributed by atoms with Gasteiger partial charge in [0.1, 0.15) is 11.4 Å². The van der Waals surface area contributed by atoms with Crippen LogP contribution in [0.2, 0.25) is 0 Å². The van der Waals surface area contributed by atoms with Crippen molar-refractivity contribution in [3.63, 3.8) is 0 Å². The third-order valence-corrected chi connectivity index (χ3v) is 11.8. The molecule has 0 aromatic carbocycles. The number of fused-ring (bicyclic) bond motifs is 4. The zero-order valence-electron chi connectivity index (χ0n) is 22.9. The highest BCUT2D eigenvalue weighted by atomic mass is 16.6. The van der Waals surface area contributed by atoms with Crippen molar-refractivity contribution in [3.05, 3.63) is 11.6 Å². The summed E-state index contributed by atoms with van der Waals surface area (Å²) in [7, 11) is 0. The fourth-order valence-electron chi connectivity index (χ4n) is 10.0. The first-order chi connectivity index (χ1) is 16.0. The van der Waals surface area contributed by atoms with Crippen LogP contribution in [0.5, 0.6) is 0 Å². The molecule has 35 heavy (non-hydrogen) atoms. The van der Waals surface area contributed by atoms with Gasteiger partial charge in [-0.15, -0.1) is 0 Å². The van der Waals surface area contributed by atoms with Crippen LogP contribution in [-0.4, -0.2) is 39.3 Å². The maximum Gasteiger partial charge on any atom is 0.314 e. The lowest BCUT2D eigenvalue weighted by Crippen LogP contribution is -2.58. The smallest absolute Gasteiger partial charge is 0.314 e. The van der Waals surface area contributed by atoms with E-state index in [0.717, 1.165) is 25.7 Å². The second-order valence-corrected chi connectivity index (χ2v) is 14.7. The number of carbonyl (C=O) groups excluding carboxylic acids is 2. The maximum absolute atomic E-state index is 13.8. The Morgan fingerprint density at radius 1 is 1.09 bits per heavy atom. The Morgan fingerprint density at radius 3 is 2.43 bits per heavy atom. The van der Waals surface area contributed by atoms with Crippen molar-refractivity contribution in [2.24, 2.45) is 39.4 Å². The van der Waals surface area contributed by atoms with Crippen LogP contribution >= 0.6 is 0 Å². The molecule has 4 fully saturated rings. The Balaban J connectivity index is 1.53. The predicted molar refractivity (Wildman–Crippen MR) is 134 cm³/mol. The lowest BCUT2D eigenvalue weighted by molar-refractivity contribution is -0.163. The van der Waals surface area contributed by atoms with E-state index in [1.165, 1.54) is 5.57 Å². The number of Topliss-reactive ketones (excluding diaryl/α,β-unsaturated/α-hetero) is 1. The number of ketones is 1. The molecule has 196 valence electrons. The number of hydrogen-bond acceptors (Lipinski definition) is 5. The topological polar surface area (TPSA) is 83.8 Å². The third kappa shape index (κ3) is 3.19. The number of hydrogen-bond donors (Lipinski definition) is 2. The van der Waals surface area contributed by atoms with Gasteiger partial charge in [0.2, 0.25) is 0 Å². The Bertz CT molecular complexity index is 974. The van der Waals surface area contributed by atoms with Gasteiger partial charge in [0, 0.05) is 6.42 Å². The second kappa shape index (κ2) is 7.43. The number of ether oxygens (including phenoxy) is 1. The fraction of sp³-hybridized carbons (Fsp3) is 0.867. The highest BCUT2D eigenvalue weighted by Crippen LogP contribution is 2.75. The van der Waals surface area contributed by atoms with E-state index in [9.17, 15) is 19.8 Å². The molecule has 0 aromatic rings. The van der Waals surface area contributed by atoms with Crippen LogP contribution in [-0.2, 0) is 14.3 Å². The Morgan fingerprint density at radius 2 is 1.77 bits per heavy atom. The summed E-state index contributed by atoms with van der Waals surface area (Å²) in [6.45, 7) is 14.6. The summed E-state index contributed by atoms with van der Waals surface area (Å²) < 4.78 is 6.18. The molecule has 5 heteroatoms. The van der Waals surface area contributed by atoms with Gasteiger partial charge in [-0.25, -0.2) is 0 Å². The van der Waals surface area contributed by atoms with Crippen molar-refractivity contribution < 1.29 is 24.5 Å². The van der Waals surface area contributed by atoms with E-state index in [2.05, 4.69) is 33.8 Å². The minimum atomic E-state index is -0.805. The van der Waals surface area contributed by atoms with Gasteiger partial charge < -0.3 is 14.9 Å². The zero-order chi connectivity index (χ0) is 25.8. The number of aliphatic hydroxyl groups is 2. The highest BCUT2D eigenvalue weighted by molar-refractivity contribution is 5.99. The number of esters is 1. The minimum Gasteiger partial charge on any atom is -0.458 e. The molecule has 1 heterocycles. The lowest BCUT2D eigenvalue weighted by Gasteiger charge is -2.63. The second-order valence-electron chi connectivity index (χ2n) is 14.7. The van der Waals surface area contributed by atoms with Gasteiger partial charge in [-0.3, -0.25) is 9.59 Å². The first-order valence-electron chi connectivity index (χ1n) is 13.9. The summed E-state index contributed by atoms with van der Waals surface area (Å²) in [6.07, 6.45) is 8.75. The van der Waals surface area contributed by atoms with E-state index in [1.807, 2.05) is 6.92 Å². The molecule has 0 aromatic heterocycles. The first kappa shape index (κ1) is 25.4. The molecule has 1 unspecified atom stereocenters. The Kier molecular flexibility index (Phi) is 5.40. The summed E-state index contributed by atoms with van der Waals surface area (Å²) in [6, 6.07) is 0. The molecular weight excluding hydrogens is 440 g/mol. The molecule has 5 nitrogen and oxygen atoms in total. The molecule has 1 spiro atoms. The van der Waals surface area contributed by atoms with E-state index in [-0.39, 0.29) is 34.6 Å². The highest BCUT2D eigenvalue weighted by Gasteiger charge is 2.78. The quantitative estimate of drug-likeness (QED) is 0.412. The molecule has 1 saturated heterocycles. The van der Waals surface area contributed by atoms with Crippen molar-refractivity contribution >= 4 is 11.8 Å². The van der Waals surface area contributed by atoms with Crippen molar-refractivity contribution in [1.82, 2.24) is 0 Å². The molecule has 5 aliphatic rings. The van der Waals surface area contributed by atoms with Crippen LogP contribution in [0.1, 0.15) is 106 Å². The van der Waals surface area contributed by atoms with Gasteiger partial charge >= 0.3 is 5.97 Å². The zero-order valence-corrected chi connectivity index (χ0v) is 22.9. The summed E-state index contributed by atoms with van der Waals surface area (Å²) in [4.78, 5) is 27.6. The molecule has 5 rings (SSSR count). The van der Waals surface area contributed by atoms with Gasteiger partial charge in [-0.1, -0.05) is 39.3 Å². The van der Waals surface area contributed by atoms with Gasteiger partial charge in [0.25, 0.3) is 0 Å². The van der Waals surface area contributed by atoms with Crippen molar-refractivity contribution in [2.45, 2.75) is 124 Å². The normalized spacial score (nSPS) is 48.4. The van der Waals surface area contributed by atoms with E-state index >= 15 is 0 Å². The average molecular weight is 487 g/mol. The van der Waals surface area contributed by atoms with E-state index in [0.29, 0.717) is 38.0 Å². The lowest BCUT2D eigenvalue weighted by atomic mass is 9.41. The standard InChI is InChI=1S/C30H46O5/c1-25(2,34)13-8-14-29(7)23-20(31)17-28(6)19-9-10-21-26(3,4)22(32)12-15-27(21,5)18(19)11-16-30(23,28)24(33)35-29/h11,19,21-23,32,34H,8-10,12-17H2,1-7H3/t19-,21+,22+,23-,27-,28+,29+,30?/m1/s1. The molecular formula is C30H46O5. The molecule has 4 aliphatic carbocycles. The summed E-state index contributed by atoms with van der Waals surface area (Å²) in [5, 5.41) is 21.0. The molecule has 0 bridgehead atoms. The molecule has 2 N–H and O–H groups in total. The number of cyclic esters (lactones) is 1. The van der Waals surface area contributed by atoms with Gasteiger partial charge in [-0.2, -0.15) is 0 Å². The molecule has 8 atom stereocenters. The molecule has 0 radical (unpaired) electrons. The molecule has 0 amide bonds. The summed E-state index contributed by atoms with van der Waals surface area (Å²) in [5.74, 6) is 0.189. The largest absolute Gasteiger partial charge is 0.458 e. The van der Waals surface area contributed by atoms with Gasteiger partial charge in [0.15, 0.2) is 0 Å². The number of carbonyl (C=O) groups is 2. The minimum absolute atomic E-state index is 0.00405. The number of rotatable bonds is 4. The van der Waals surface area contributed by atoms with Crippen LogP contribution < -0.4 is 0 Å². The Labute approximate surface area is 211 Å². The average Bonchev–Trinajstić information content (AvgIpc) is 3.11. The monoisotopic (exact) mass is 486 g/mol. The van der Waals surface area contributed by atoms with Gasteiger partial charge in [-0.05, 0) is 100 Å². The Hall–Kier alpha value is -1.20. The van der Waals surface area contributed by atoms with Crippen molar-refractivity contribution in [1.29, 1.82) is 0 Å². The summed E-state index contributed by atoms with van der Waals surface area (Å²) in [5.41, 5.74) is -1.50. The maximum atomic E-state index is 13.8. The van der Waals surface area contributed by atoms with E-state index in [1.54, 1.807) is 13.8 Å². The third-order valence-electron chi connectivity index (χ3n) is 11.8. The van der Waals surface area contributed by atoms with Crippen LogP contribution in [0, 0.1) is 39.4 Å². The molecule has 1 aliphatic heterocycles. The summed E-state index contributed by atoms with van der Waals surface area (Å²) >= 11 is 0. The molecule has 3 saturated carbocycles. The first-order valence-corrected chi connectivity index (χ1v) is 13.9. The van der Waals surface area contributed by atoms with Crippen LogP contribution in [0.25, 0.3) is 0 Å². The fourth-order valence-corrected chi connectivity index (χ4v) is 10.0. The predicted octanol–water partition coefficient (Wildman–Crippen LogP) is 5.37. The SMILES string of the molecule is CC(C)(O)CCC[C@]1(C)OC(=O)C23CC=C4[C@@H](CC[C@H]5C(C)(C)[C@@H](O)CC[C@]45C)[C@]2(C)CC(=O)[C@@H]31. The van der Waals surface area contributed by atoms with Crippen molar-refractivity contribution in [3.8, 4) is 0 Å². The van der Waals surface area contributed by atoms with Crippen LogP contribution in [0.3, 0.4) is 0 Å². The van der Waals surface area contributed by atoms with E-state index in [4.69, 9.17) is 4.74 Å². The van der Waals surface area contributed by atoms with E-state index < -0.39 is 27.9 Å². The van der Waals surface area contributed by atoms with Gasteiger partial charge in [0.05, 0.1) is 23.0 Å². The van der Waals surface area contributed by atoms with Crippen molar-refractivity contribution in [2.75, 3.05) is 0 Å².